The Balaban J connectivity index is 2.17. The number of aromatic nitrogens is 1. The molecule has 2 aromatic rings. The summed E-state index contributed by atoms with van der Waals surface area (Å²) in [6.07, 6.45) is 5.54. The van der Waals surface area contributed by atoms with Crippen LogP contribution in [-0.2, 0) is 0 Å². The molecular weight excluding hydrogens is 272 g/mol. The Bertz CT molecular complexity index is 660. The summed E-state index contributed by atoms with van der Waals surface area (Å²) in [5.41, 5.74) is 1.43. The number of anilines is 1. The van der Waals surface area contributed by atoms with Gasteiger partial charge in [0, 0.05) is 23.6 Å². The Hall–Kier alpha value is -2.39. The lowest BCUT2D eigenvalue weighted by molar-refractivity contribution is 0.885. The van der Waals surface area contributed by atoms with Crippen molar-refractivity contribution in [3.63, 3.8) is 0 Å². The van der Waals surface area contributed by atoms with Gasteiger partial charge in [-0.1, -0.05) is 6.07 Å². The number of benzene rings is 1. The molecule has 102 valence electrons. The van der Waals surface area contributed by atoms with Crippen molar-refractivity contribution in [1.82, 2.24) is 9.88 Å². The van der Waals surface area contributed by atoms with Crippen LogP contribution in [0.2, 0.25) is 0 Å². The van der Waals surface area contributed by atoms with Crippen LogP contribution in [0.1, 0.15) is 0 Å². The average molecular weight is 286 g/mol. The van der Waals surface area contributed by atoms with Crippen molar-refractivity contribution in [2.75, 3.05) is 11.6 Å². The summed E-state index contributed by atoms with van der Waals surface area (Å²) in [5, 5.41) is 14.4. The first-order chi connectivity index (χ1) is 9.74. The van der Waals surface area contributed by atoms with Crippen LogP contribution in [0.4, 0.5) is 5.69 Å². The van der Waals surface area contributed by atoms with Gasteiger partial charge in [0.25, 0.3) is 5.56 Å². The number of thioether (sulfide) groups is 1. The molecule has 1 atom stereocenters. The molecule has 20 heavy (non-hydrogen) atoms. The molecule has 6 heteroatoms. The summed E-state index contributed by atoms with van der Waals surface area (Å²) in [4.78, 5) is 11.7. The second-order valence-electron chi connectivity index (χ2n) is 3.97. The van der Waals surface area contributed by atoms with E-state index < -0.39 is 0 Å². The molecule has 0 amide bonds. The van der Waals surface area contributed by atoms with E-state index in [1.54, 1.807) is 16.8 Å². The van der Waals surface area contributed by atoms with Gasteiger partial charge in [0.1, 0.15) is 0 Å². The minimum atomic E-state index is -0.176. The van der Waals surface area contributed by atoms with Crippen LogP contribution in [0.15, 0.2) is 53.5 Å². The highest BCUT2D eigenvalue weighted by atomic mass is 32.2. The number of nitrogens with one attached hydrogen (secondary N) is 2. The van der Waals surface area contributed by atoms with Crippen LogP contribution in [0.25, 0.3) is 5.69 Å². The van der Waals surface area contributed by atoms with E-state index >= 15 is 0 Å². The number of nitrogens with zero attached hydrogens (tertiary/aromatic N) is 2. The molecule has 2 N–H and O–H groups in total. The molecule has 0 saturated heterocycles. The summed E-state index contributed by atoms with van der Waals surface area (Å²) in [7, 11) is 0. The normalized spacial score (nSPS) is 11.4. The largest absolute Gasteiger partial charge is 0.356 e. The van der Waals surface area contributed by atoms with Crippen molar-refractivity contribution < 1.29 is 0 Å². The van der Waals surface area contributed by atoms with Gasteiger partial charge in [-0.15, -0.1) is 11.8 Å². The third-order valence-corrected chi connectivity index (χ3v) is 3.40. The molecule has 1 aromatic heterocycles. The maximum absolute atomic E-state index is 11.7. The van der Waals surface area contributed by atoms with Crippen LogP contribution in [-0.4, -0.2) is 16.3 Å². The van der Waals surface area contributed by atoms with Gasteiger partial charge in [0.15, 0.2) is 11.7 Å². The van der Waals surface area contributed by atoms with E-state index in [4.69, 9.17) is 5.26 Å². The average Bonchev–Trinajstić information content (AvgIpc) is 2.48. The molecule has 0 saturated carbocycles. The fraction of sp³-hybridized carbons (Fsp3) is 0.143. The number of pyridine rings is 1. The highest BCUT2D eigenvalue weighted by molar-refractivity contribution is 7.99. The molecule has 0 fully saturated rings. The van der Waals surface area contributed by atoms with Crippen molar-refractivity contribution in [3.05, 3.63) is 59.0 Å². The van der Waals surface area contributed by atoms with E-state index in [9.17, 15) is 4.79 Å². The van der Waals surface area contributed by atoms with Gasteiger partial charge in [-0.3, -0.25) is 14.7 Å². The number of nitriles is 1. The quantitative estimate of drug-likeness (QED) is 0.499. The maximum atomic E-state index is 11.7. The van der Waals surface area contributed by atoms with E-state index in [0.717, 1.165) is 11.4 Å². The van der Waals surface area contributed by atoms with E-state index in [-0.39, 0.29) is 11.1 Å². The van der Waals surface area contributed by atoms with Gasteiger partial charge < -0.3 is 5.32 Å². The lowest BCUT2D eigenvalue weighted by atomic mass is 10.2. The molecule has 1 heterocycles. The van der Waals surface area contributed by atoms with Gasteiger partial charge in [0.2, 0.25) is 0 Å². The van der Waals surface area contributed by atoms with Crippen LogP contribution in [0, 0.1) is 11.5 Å². The highest BCUT2D eigenvalue weighted by Crippen LogP contribution is 2.15. The molecule has 0 aliphatic carbocycles. The summed E-state index contributed by atoms with van der Waals surface area (Å²) < 4.78 is 1.57. The molecule has 0 aliphatic rings. The first kappa shape index (κ1) is 14.0. The molecule has 1 unspecified atom stereocenters. The summed E-state index contributed by atoms with van der Waals surface area (Å²) in [6, 6.07) is 12.5. The number of hydrogen-bond acceptors (Lipinski definition) is 5. The summed E-state index contributed by atoms with van der Waals surface area (Å²) >= 11 is 1.49. The Labute approximate surface area is 121 Å². The molecule has 0 spiro atoms. The number of rotatable bonds is 5. The molecule has 0 radical (unpaired) electrons. The topological polar surface area (TPSA) is 69.8 Å². The predicted molar refractivity (Wildman–Crippen MR) is 81.7 cm³/mol. The van der Waals surface area contributed by atoms with Crippen LogP contribution in [0.5, 0.6) is 0 Å². The van der Waals surface area contributed by atoms with Crippen molar-refractivity contribution in [3.8, 4) is 11.9 Å². The SMILES string of the molecule is CSC(NC#N)Nc1ccc(-n2ccccc2=O)cc1. The third-order valence-electron chi connectivity index (χ3n) is 2.70. The Morgan fingerprint density at radius 3 is 2.60 bits per heavy atom. The molecule has 0 bridgehead atoms. The predicted octanol–water partition coefficient (Wildman–Crippen LogP) is 1.97. The standard InChI is InChI=1S/C14H14N4OS/c1-20-14(16-10-15)17-11-5-7-12(8-6-11)18-9-3-2-4-13(18)19/h2-9,14,16-17H,1H3. The fourth-order valence-corrected chi connectivity index (χ4v) is 2.15. The lowest BCUT2D eigenvalue weighted by Crippen LogP contribution is -2.29. The summed E-state index contributed by atoms with van der Waals surface area (Å²) in [5.74, 6) is 0. The smallest absolute Gasteiger partial charge is 0.255 e. The van der Waals surface area contributed by atoms with Crippen molar-refractivity contribution >= 4 is 17.4 Å². The lowest BCUT2D eigenvalue weighted by Gasteiger charge is -2.16. The molecule has 5 nitrogen and oxygen atoms in total. The van der Waals surface area contributed by atoms with Crippen LogP contribution >= 0.6 is 11.8 Å². The van der Waals surface area contributed by atoms with E-state index in [0.29, 0.717) is 0 Å². The van der Waals surface area contributed by atoms with Gasteiger partial charge in [-0.2, -0.15) is 5.26 Å². The number of hydrogen-bond donors (Lipinski definition) is 2. The molecular formula is C14H14N4OS. The van der Waals surface area contributed by atoms with Gasteiger partial charge >= 0.3 is 0 Å². The fourth-order valence-electron chi connectivity index (χ4n) is 1.72. The first-order valence-corrected chi connectivity index (χ1v) is 7.25. The zero-order chi connectivity index (χ0) is 14.4. The Morgan fingerprint density at radius 1 is 1.25 bits per heavy atom. The minimum Gasteiger partial charge on any atom is -0.356 e. The van der Waals surface area contributed by atoms with Crippen molar-refractivity contribution in [2.45, 2.75) is 5.50 Å². The van der Waals surface area contributed by atoms with E-state index in [1.165, 1.54) is 17.8 Å². The summed E-state index contributed by atoms with van der Waals surface area (Å²) in [6.45, 7) is 0. The van der Waals surface area contributed by atoms with Gasteiger partial charge in [0.05, 0.1) is 0 Å². The van der Waals surface area contributed by atoms with Crippen LogP contribution in [0.3, 0.4) is 0 Å². The van der Waals surface area contributed by atoms with Gasteiger partial charge in [-0.25, -0.2) is 0 Å². The van der Waals surface area contributed by atoms with E-state index in [2.05, 4.69) is 10.6 Å². The minimum absolute atomic E-state index is 0.0682. The van der Waals surface area contributed by atoms with Crippen molar-refractivity contribution in [1.29, 1.82) is 5.26 Å². The second-order valence-corrected chi connectivity index (χ2v) is 4.91. The van der Waals surface area contributed by atoms with Crippen molar-refractivity contribution in [2.24, 2.45) is 0 Å². The second kappa shape index (κ2) is 6.68. The highest BCUT2D eigenvalue weighted by Gasteiger charge is 2.05. The zero-order valence-electron chi connectivity index (χ0n) is 10.9. The molecule has 1 aromatic carbocycles. The van der Waals surface area contributed by atoms with Gasteiger partial charge in [-0.05, 0) is 36.6 Å². The monoisotopic (exact) mass is 286 g/mol. The maximum Gasteiger partial charge on any atom is 0.255 e. The van der Waals surface area contributed by atoms with E-state index in [1.807, 2.05) is 42.8 Å². The molecule has 0 aliphatic heterocycles. The zero-order valence-corrected chi connectivity index (χ0v) is 11.7. The Kier molecular flexibility index (Phi) is 4.69. The van der Waals surface area contributed by atoms with Crippen LogP contribution < -0.4 is 16.2 Å². The third kappa shape index (κ3) is 3.33. The first-order valence-electron chi connectivity index (χ1n) is 5.96. The molecule has 2 rings (SSSR count). The Morgan fingerprint density at radius 2 is 2.00 bits per heavy atom.